The summed E-state index contributed by atoms with van der Waals surface area (Å²) >= 11 is 0. The van der Waals surface area contributed by atoms with E-state index in [9.17, 15) is 0 Å². The summed E-state index contributed by atoms with van der Waals surface area (Å²) < 4.78 is 11.0. The van der Waals surface area contributed by atoms with Crippen molar-refractivity contribution in [3.05, 3.63) is 23.8 Å². The second kappa shape index (κ2) is 5.89. The van der Waals surface area contributed by atoms with Crippen LogP contribution in [0.1, 0.15) is 30.9 Å². The van der Waals surface area contributed by atoms with Crippen molar-refractivity contribution in [3.8, 4) is 11.5 Å². The van der Waals surface area contributed by atoms with Gasteiger partial charge >= 0.3 is 0 Å². The lowest BCUT2D eigenvalue weighted by atomic mass is 10.0. The van der Waals surface area contributed by atoms with Crippen molar-refractivity contribution in [1.29, 1.82) is 0 Å². The highest BCUT2D eigenvalue weighted by Crippen LogP contribution is 2.32. The van der Waals surface area contributed by atoms with E-state index in [2.05, 4.69) is 0 Å². The van der Waals surface area contributed by atoms with Gasteiger partial charge in [0.2, 0.25) is 0 Å². The molecule has 1 aromatic carbocycles. The topological polar surface area (TPSA) is 70.5 Å². The zero-order valence-corrected chi connectivity index (χ0v) is 10.0. The van der Waals surface area contributed by atoms with E-state index in [1.807, 2.05) is 18.2 Å². The van der Waals surface area contributed by atoms with Crippen LogP contribution >= 0.6 is 0 Å². The van der Waals surface area contributed by atoms with E-state index in [0.717, 1.165) is 42.9 Å². The lowest BCUT2D eigenvalue weighted by Gasteiger charge is -2.20. The zero-order valence-electron chi connectivity index (χ0n) is 10.0. The largest absolute Gasteiger partial charge is 0.486 e. The maximum absolute atomic E-state index is 6.13. The molecular formula is C13H20N2O2. The Morgan fingerprint density at radius 1 is 1.12 bits per heavy atom. The predicted molar refractivity (Wildman–Crippen MR) is 67.3 cm³/mol. The Hall–Kier alpha value is -1.26. The molecule has 2 rings (SSSR count). The van der Waals surface area contributed by atoms with Crippen molar-refractivity contribution in [2.24, 2.45) is 11.5 Å². The molecule has 4 nitrogen and oxygen atoms in total. The molecule has 0 radical (unpaired) electrons. The molecule has 0 aromatic heterocycles. The van der Waals surface area contributed by atoms with Crippen molar-refractivity contribution < 1.29 is 9.47 Å². The Morgan fingerprint density at radius 2 is 1.88 bits per heavy atom. The third-order valence-electron chi connectivity index (χ3n) is 2.96. The van der Waals surface area contributed by atoms with E-state index in [1.54, 1.807) is 0 Å². The van der Waals surface area contributed by atoms with Crippen LogP contribution < -0.4 is 20.9 Å². The van der Waals surface area contributed by atoms with Gasteiger partial charge in [0, 0.05) is 6.04 Å². The summed E-state index contributed by atoms with van der Waals surface area (Å²) in [6, 6.07) is 5.99. The Balaban J connectivity index is 2.00. The van der Waals surface area contributed by atoms with Crippen LogP contribution in [-0.2, 0) is 0 Å². The van der Waals surface area contributed by atoms with Crippen LogP contribution in [0.15, 0.2) is 18.2 Å². The average molecular weight is 236 g/mol. The van der Waals surface area contributed by atoms with Crippen LogP contribution in [0.2, 0.25) is 0 Å². The number of fused-ring (bicyclic) bond motifs is 1. The molecule has 1 heterocycles. The van der Waals surface area contributed by atoms with Crippen LogP contribution in [0.4, 0.5) is 0 Å². The molecule has 0 fully saturated rings. The van der Waals surface area contributed by atoms with Gasteiger partial charge in [-0.15, -0.1) is 0 Å². The first-order valence-electron chi connectivity index (χ1n) is 6.16. The minimum atomic E-state index is 0.0531. The van der Waals surface area contributed by atoms with Crippen LogP contribution in [0.5, 0.6) is 11.5 Å². The quantitative estimate of drug-likeness (QED) is 0.762. The highest BCUT2D eigenvalue weighted by molar-refractivity contribution is 5.44. The molecule has 1 aliphatic rings. The second-order valence-corrected chi connectivity index (χ2v) is 4.29. The molecule has 0 spiro atoms. The molecular weight excluding hydrogens is 216 g/mol. The maximum atomic E-state index is 6.13. The molecule has 4 N–H and O–H groups in total. The van der Waals surface area contributed by atoms with Crippen molar-refractivity contribution in [1.82, 2.24) is 0 Å². The van der Waals surface area contributed by atoms with E-state index in [0.29, 0.717) is 13.2 Å². The summed E-state index contributed by atoms with van der Waals surface area (Å²) in [6.07, 6.45) is 3.04. The molecule has 0 unspecified atom stereocenters. The van der Waals surface area contributed by atoms with Gasteiger partial charge in [0.25, 0.3) is 0 Å². The monoisotopic (exact) mass is 236 g/mol. The summed E-state index contributed by atoms with van der Waals surface area (Å²) in [6.45, 7) is 1.96. The molecule has 4 heteroatoms. The highest BCUT2D eigenvalue weighted by Gasteiger charge is 2.14. The van der Waals surface area contributed by atoms with Crippen LogP contribution in [0, 0.1) is 0 Å². The van der Waals surface area contributed by atoms with Crippen molar-refractivity contribution in [2.45, 2.75) is 25.3 Å². The third-order valence-corrected chi connectivity index (χ3v) is 2.96. The Labute approximate surface area is 102 Å². The predicted octanol–water partition coefficient (Wildman–Crippen LogP) is 1.59. The molecule has 0 amide bonds. The lowest BCUT2D eigenvalue weighted by molar-refractivity contribution is 0.171. The number of rotatable bonds is 5. The number of benzene rings is 1. The summed E-state index contributed by atoms with van der Waals surface area (Å²) in [5, 5.41) is 0. The first-order valence-corrected chi connectivity index (χ1v) is 6.16. The van der Waals surface area contributed by atoms with Gasteiger partial charge in [-0.3, -0.25) is 0 Å². The second-order valence-electron chi connectivity index (χ2n) is 4.29. The molecule has 1 atom stereocenters. The standard InChI is InChI=1S/C13H20N2O2/c14-6-2-1-3-11(15)10-4-5-12-13(9-10)17-8-7-16-12/h4-5,9,11H,1-3,6-8,14-15H2/t11-/m0/s1. The SMILES string of the molecule is NCCCC[C@H](N)c1ccc2c(c1)OCCO2. The number of hydrogen-bond donors (Lipinski definition) is 2. The van der Waals surface area contributed by atoms with Crippen molar-refractivity contribution in [3.63, 3.8) is 0 Å². The molecule has 17 heavy (non-hydrogen) atoms. The van der Waals surface area contributed by atoms with Gasteiger partial charge in [-0.2, -0.15) is 0 Å². The first kappa shape index (κ1) is 12.2. The van der Waals surface area contributed by atoms with Crippen LogP contribution in [0.3, 0.4) is 0 Å². The molecule has 0 aliphatic carbocycles. The molecule has 1 aromatic rings. The summed E-state index contributed by atoms with van der Waals surface area (Å²) in [5.41, 5.74) is 12.7. The highest BCUT2D eigenvalue weighted by atomic mass is 16.6. The zero-order chi connectivity index (χ0) is 12.1. The van der Waals surface area contributed by atoms with Crippen molar-refractivity contribution >= 4 is 0 Å². The maximum Gasteiger partial charge on any atom is 0.161 e. The lowest BCUT2D eigenvalue weighted by Crippen LogP contribution is -2.17. The number of ether oxygens (including phenoxy) is 2. The van der Waals surface area contributed by atoms with E-state index < -0.39 is 0 Å². The van der Waals surface area contributed by atoms with E-state index in [1.165, 1.54) is 0 Å². The third kappa shape index (κ3) is 3.11. The Morgan fingerprint density at radius 3 is 2.65 bits per heavy atom. The van der Waals surface area contributed by atoms with Gasteiger partial charge in [-0.05, 0) is 37.1 Å². The van der Waals surface area contributed by atoms with Gasteiger partial charge in [0.05, 0.1) is 0 Å². The van der Waals surface area contributed by atoms with Crippen molar-refractivity contribution in [2.75, 3.05) is 19.8 Å². The smallest absolute Gasteiger partial charge is 0.161 e. The van der Waals surface area contributed by atoms with Gasteiger partial charge in [0.1, 0.15) is 13.2 Å². The number of hydrogen-bond acceptors (Lipinski definition) is 4. The summed E-state index contributed by atoms with van der Waals surface area (Å²) in [7, 11) is 0. The number of nitrogens with two attached hydrogens (primary N) is 2. The molecule has 1 aliphatic heterocycles. The summed E-state index contributed by atoms with van der Waals surface area (Å²) in [5.74, 6) is 1.62. The first-order chi connectivity index (χ1) is 8.31. The van der Waals surface area contributed by atoms with Gasteiger partial charge in [-0.25, -0.2) is 0 Å². The molecule has 0 saturated carbocycles. The summed E-state index contributed by atoms with van der Waals surface area (Å²) in [4.78, 5) is 0. The van der Waals surface area contributed by atoms with Gasteiger partial charge in [0.15, 0.2) is 11.5 Å². The Bertz CT molecular complexity index is 368. The normalized spacial score (nSPS) is 15.6. The molecule has 0 saturated heterocycles. The molecule has 0 bridgehead atoms. The fourth-order valence-electron chi connectivity index (χ4n) is 1.97. The van der Waals surface area contributed by atoms with Crippen LogP contribution in [-0.4, -0.2) is 19.8 Å². The minimum absolute atomic E-state index is 0.0531. The minimum Gasteiger partial charge on any atom is -0.486 e. The molecule has 94 valence electrons. The Kier molecular flexibility index (Phi) is 4.23. The number of unbranched alkanes of at least 4 members (excludes halogenated alkanes) is 1. The fourth-order valence-corrected chi connectivity index (χ4v) is 1.97. The average Bonchev–Trinajstić information content (AvgIpc) is 2.38. The van der Waals surface area contributed by atoms with E-state index in [4.69, 9.17) is 20.9 Å². The van der Waals surface area contributed by atoms with Crippen LogP contribution in [0.25, 0.3) is 0 Å². The van der Waals surface area contributed by atoms with Gasteiger partial charge in [-0.1, -0.05) is 12.5 Å². The van der Waals surface area contributed by atoms with Gasteiger partial charge < -0.3 is 20.9 Å². The van der Waals surface area contributed by atoms with E-state index in [-0.39, 0.29) is 6.04 Å². The van der Waals surface area contributed by atoms with E-state index >= 15 is 0 Å². The fraction of sp³-hybridized carbons (Fsp3) is 0.538.